The molecule has 118 valence electrons. The summed E-state index contributed by atoms with van der Waals surface area (Å²) in [5, 5.41) is 0. The molecule has 0 amide bonds. The van der Waals surface area contributed by atoms with E-state index in [1.807, 2.05) is 0 Å². The molecule has 2 rings (SSSR count). The fourth-order valence-corrected chi connectivity index (χ4v) is 4.24. The highest BCUT2D eigenvalue weighted by atomic mass is 32.2. The summed E-state index contributed by atoms with van der Waals surface area (Å²) >= 11 is 0. The zero-order chi connectivity index (χ0) is 14.4. The molecule has 20 heavy (non-hydrogen) atoms. The third kappa shape index (κ3) is 4.66. The molecular weight excluding hydrogens is 280 g/mol. The number of piperazine rings is 1. The molecule has 0 N–H and O–H groups in total. The van der Waals surface area contributed by atoms with Crippen LogP contribution in [0.1, 0.15) is 19.3 Å². The lowest BCUT2D eigenvalue weighted by atomic mass is 10.2. The van der Waals surface area contributed by atoms with Gasteiger partial charge in [0.05, 0.1) is 11.9 Å². The number of hydrogen-bond donors (Lipinski definition) is 0. The molecule has 0 bridgehead atoms. The average Bonchev–Trinajstić information content (AvgIpc) is 2.92. The molecule has 2 heterocycles. The van der Waals surface area contributed by atoms with E-state index in [-0.39, 0.29) is 5.75 Å². The van der Waals surface area contributed by atoms with Crippen LogP contribution >= 0.6 is 0 Å². The molecule has 2 saturated heterocycles. The van der Waals surface area contributed by atoms with Gasteiger partial charge < -0.3 is 9.47 Å². The summed E-state index contributed by atoms with van der Waals surface area (Å²) in [4.78, 5) is 2.32. The largest absolute Gasteiger partial charge is 0.385 e. The molecule has 2 fully saturated rings. The highest BCUT2D eigenvalue weighted by molar-refractivity contribution is 7.89. The van der Waals surface area contributed by atoms with Crippen molar-refractivity contribution in [3.63, 3.8) is 0 Å². The van der Waals surface area contributed by atoms with Crippen LogP contribution in [0, 0.1) is 0 Å². The summed E-state index contributed by atoms with van der Waals surface area (Å²) in [5.41, 5.74) is 0. The highest BCUT2D eigenvalue weighted by Crippen LogP contribution is 2.15. The van der Waals surface area contributed by atoms with Gasteiger partial charge in [-0.15, -0.1) is 0 Å². The van der Waals surface area contributed by atoms with Crippen molar-refractivity contribution < 1.29 is 17.9 Å². The lowest BCUT2D eigenvalue weighted by Crippen LogP contribution is -2.50. The van der Waals surface area contributed by atoms with E-state index >= 15 is 0 Å². The van der Waals surface area contributed by atoms with Gasteiger partial charge in [-0.05, 0) is 19.3 Å². The van der Waals surface area contributed by atoms with Crippen LogP contribution in [-0.4, -0.2) is 82.5 Å². The minimum Gasteiger partial charge on any atom is -0.385 e. The van der Waals surface area contributed by atoms with Crippen molar-refractivity contribution in [2.24, 2.45) is 0 Å². The second-order valence-electron chi connectivity index (χ2n) is 5.50. The van der Waals surface area contributed by atoms with Crippen molar-refractivity contribution >= 4 is 10.0 Å². The summed E-state index contributed by atoms with van der Waals surface area (Å²) in [6.07, 6.45) is 3.20. The lowest BCUT2D eigenvalue weighted by Gasteiger charge is -2.35. The summed E-state index contributed by atoms with van der Waals surface area (Å²) in [5.74, 6) is 0.187. The van der Waals surface area contributed by atoms with E-state index in [4.69, 9.17) is 9.47 Å². The van der Waals surface area contributed by atoms with Gasteiger partial charge in [0.15, 0.2) is 0 Å². The van der Waals surface area contributed by atoms with Gasteiger partial charge in [0.1, 0.15) is 0 Å². The molecule has 0 aromatic heterocycles. The summed E-state index contributed by atoms with van der Waals surface area (Å²) in [6, 6.07) is 0. The topological polar surface area (TPSA) is 59.1 Å². The van der Waals surface area contributed by atoms with Crippen molar-refractivity contribution in [1.29, 1.82) is 0 Å². The Hall–Kier alpha value is -0.210. The van der Waals surface area contributed by atoms with Crippen LogP contribution in [0.4, 0.5) is 0 Å². The van der Waals surface area contributed by atoms with Crippen molar-refractivity contribution in [2.75, 3.05) is 58.8 Å². The molecule has 6 nitrogen and oxygen atoms in total. The van der Waals surface area contributed by atoms with Crippen LogP contribution in [0.2, 0.25) is 0 Å². The molecule has 0 radical (unpaired) electrons. The smallest absolute Gasteiger partial charge is 0.214 e. The van der Waals surface area contributed by atoms with Crippen molar-refractivity contribution in [2.45, 2.75) is 25.4 Å². The van der Waals surface area contributed by atoms with Crippen molar-refractivity contribution in [1.82, 2.24) is 9.21 Å². The molecule has 0 aliphatic carbocycles. The Bertz CT molecular complexity index is 374. The van der Waals surface area contributed by atoms with Crippen LogP contribution in [0.25, 0.3) is 0 Å². The van der Waals surface area contributed by atoms with Gasteiger partial charge >= 0.3 is 0 Å². The second-order valence-corrected chi connectivity index (χ2v) is 7.59. The van der Waals surface area contributed by atoms with Gasteiger partial charge in [-0.3, -0.25) is 4.90 Å². The van der Waals surface area contributed by atoms with Gasteiger partial charge in [-0.2, -0.15) is 4.31 Å². The minimum absolute atomic E-state index is 0.187. The number of nitrogens with zero attached hydrogens (tertiary/aromatic N) is 2. The van der Waals surface area contributed by atoms with Crippen LogP contribution in [-0.2, 0) is 19.5 Å². The van der Waals surface area contributed by atoms with E-state index in [2.05, 4.69) is 4.90 Å². The molecular formula is C13H26N2O4S. The van der Waals surface area contributed by atoms with E-state index in [0.29, 0.717) is 32.2 Å². The third-order valence-corrected chi connectivity index (χ3v) is 5.92. The third-order valence-electron chi connectivity index (χ3n) is 3.96. The molecule has 0 aromatic carbocycles. The quantitative estimate of drug-likeness (QED) is 0.627. The van der Waals surface area contributed by atoms with Crippen molar-refractivity contribution in [3.8, 4) is 0 Å². The van der Waals surface area contributed by atoms with Crippen LogP contribution in [0.15, 0.2) is 0 Å². The van der Waals surface area contributed by atoms with E-state index in [1.165, 1.54) is 0 Å². The van der Waals surface area contributed by atoms with Gasteiger partial charge in [-0.25, -0.2) is 8.42 Å². The predicted molar refractivity (Wildman–Crippen MR) is 77.3 cm³/mol. The molecule has 7 heteroatoms. The van der Waals surface area contributed by atoms with Crippen molar-refractivity contribution in [3.05, 3.63) is 0 Å². The van der Waals surface area contributed by atoms with Gasteiger partial charge in [-0.1, -0.05) is 0 Å². The zero-order valence-corrected chi connectivity index (χ0v) is 13.1. The minimum atomic E-state index is -3.11. The van der Waals surface area contributed by atoms with E-state index < -0.39 is 10.0 Å². The number of ether oxygens (including phenoxy) is 2. The predicted octanol–water partition coefficient (Wildman–Crippen LogP) is 0.149. The maximum atomic E-state index is 12.1. The van der Waals surface area contributed by atoms with Gasteiger partial charge in [0.25, 0.3) is 0 Å². The first-order valence-electron chi connectivity index (χ1n) is 7.42. The first kappa shape index (κ1) is 16.2. The Morgan fingerprint density at radius 2 is 2.00 bits per heavy atom. The zero-order valence-electron chi connectivity index (χ0n) is 12.3. The number of rotatable bonds is 7. The molecule has 0 saturated carbocycles. The molecule has 0 spiro atoms. The molecule has 0 aromatic rings. The van der Waals surface area contributed by atoms with Crippen LogP contribution < -0.4 is 0 Å². The molecule has 1 atom stereocenters. The van der Waals surface area contributed by atoms with E-state index in [9.17, 15) is 8.42 Å². The number of sulfonamides is 1. The van der Waals surface area contributed by atoms with Crippen LogP contribution in [0.3, 0.4) is 0 Å². The van der Waals surface area contributed by atoms with Gasteiger partial charge in [0, 0.05) is 53.0 Å². The Kier molecular flexibility index (Phi) is 6.22. The fraction of sp³-hybridized carbons (Fsp3) is 1.00. The fourth-order valence-electron chi connectivity index (χ4n) is 2.78. The average molecular weight is 306 g/mol. The number of methoxy groups -OCH3 is 1. The maximum absolute atomic E-state index is 12.1. The van der Waals surface area contributed by atoms with E-state index in [1.54, 1.807) is 11.4 Å². The first-order chi connectivity index (χ1) is 9.62. The van der Waals surface area contributed by atoms with Gasteiger partial charge in [0.2, 0.25) is 10.0 Å². The first-order valence-corrected chi connectivity index (χ1v) is 9.03. The highest BCUT2D eigenvalue weighted by Gasteiger charge is 2.28. The summed E-state index contributed by atoms with van der Waals surface area (Å²) in [6.45, 7) is 5.13. The summed E-state index contributed by atoms with van der Waals surface area (Å²) in [7, 11) is -1.52. The maximum Gasteiger partial charge on any atom is 0.214 e. The van der Waals surface area contributed by atoms with E-state index in [0.717, 1.165) is 39.1 Å². The normalized spacial score (nSPS) is 26.1. The monoisotopic (exact) mass is 306 g/mol. The molecule has 2 aliphatic rings. The molecule has 0 unspecified atom stereocenters. The van der Waals surface area contributed by atoms with Crippen LogP contribution in [0.5, 0.6) is 0 Å². The molecule has 2 aliphatic heterocycles. The lowest BCUT2D eigenvalue weighted by molar-refractivity contribution is 0.0617. The SMILES string of the molecule is COCCCS(=O)(=O)N1CCN(C[C@@H]2CCCO2)CC1. The second kappa shape index (κ2) is 7.70. The number of hydrogen-bond acceptors (Lipinski definition) is 5. The summed E-state index contributed by atoms with van der Waals surface area (Å²) < 4.78 is 36.4. The Morgan fingerprint density at radius 1 is 1.25 bits per heavy atom. The Labute approximate surface area is 122 Å². The Morgan fingerprint density at radius 3 is 2.60 bits per heavy atom. The standard InChI is InChI=1S/C13H26N2O4S/c1-18-9-3-11-20(16,17)15-7-5-14(6-8-15)12-13-4-2-10-19-13/h13H,2-12H2,1H3/t13-/m0/s1. The Balaban J connectivity index is 1.72.